The Bertz CT molecular complexity index is 388. The quantitative estimate of drug-likeness (QED) is 0.746. The van der Waals surface area contributed by atoms with Gasteiger partial charge in [-0.05, 0) is 18.6 Å². The summed E-state index contributed by atoms with van der Waals surface area (Å²) in [5.74, 6) is -1.41. The molecule has 0 heterocycles. The fourth-order valence-electron chi connectivity index (χ4n) is 1.34. The lowest BCUT2D eigenvalue weighted by molar-refractivity contribution is 0.0691. The van der Waals surface area contributed by atoms with Crippen LogP contribution in [0.3, 0.4) is 0 Å². The van der Waals surface area contributed by atoms with Gasteiger partial charge in [0.15, 0.2) is 0 Å². The van der Waals surface area contributed by atoms with Crippen LogP contribution in [0.5, 0.6) is 0 Å². The average molecular weight is 221 g/mol. The largest absolute Gasteiger partial charge is 0.478 e. The normalized spacial score (nSPS) is 9.81. The molecule has 0 atom stereocenters. The van der Waals surface area contributed by atoms with Crippen LogP contribution in [0.4, 0.5) is 0 Å². The number of aromatic carboxylic acids is 1. The monoisotopic (exact) mass is 221 g/mol. The minimum atomic E-state index is -1.08. The summed E-state index contributed by atoms with van der Waals surface area (Å²) >= 11 is 0. The van der Waals surface area contributed by atoms with Crippen LogP contribution in [-0.4, -0.2) is 23.5 Å². The van der Waals surface area contributed by atoms with Crippen molar-refractivity contribution in [2.24, 2.45) is 0 Å². The predicted molar refractivity (Wildman–Crippen MR) is 60.6 cm³/mol. The summed E-state index contributed by atoms with van der Waals surface area (Å²) in [5.41, 5.74) is 0.252. The zero-order valence-electron chi connectivity index (χ0n) is 9.19. The number of carbonyl (C=O) groups is 2. The van der Waals surface area contributed by atoms with E-state index >= 15 is 0 Å². The van der Waals surface area contributed by atoms with Crippen LogP contribution >= 0.6 is 0 Å². The molecule has 4 heteroatoms. The topological polar surface area (TPSA) is 66.4 Å². The van der Waals surface area contributed by atoms with Gasteiger partial charge in [-0.15, -0.1) is 0 Å². The number of nitrogens with one attached hydrogen (secondary N) is 1. The van der Waals surface area contributed by atoms with E-state index in [-0.39, 0.29) is 17.0 Å². The van der Waals surface area contributed by atoms with Gasteiger partial charge in [0.25, 0.3) is 5.91 Å². The molecule has 1 aromatic rings. The van der Waals surface area contributed by atoms with Gasteiger partial charge < -0.3 is 10.4 Å². The Morgan fingerprint density at radius 2 is 1.88 bits per heavy atom. The number of hydrogen-bond acceptors (Lipinski definition) is 2. The highest BCUT2D eigenvalue weighted by Gasteiger charge is 2.14. The second-order valence-corrected chi connectivity index (χ2v) is 3.46. The van der Waals surface area contributed by atoms with Crippen LogP contribution in [0.25, 0.3) is 0 Å². The first kappa shape index (κ1) is 12.2. The molecule has 0 bridgehead atoms. The molecule has 4 nitrogen and oxygen atoms in total. The van der Waals surface area contributed by atoms with Crippen molar-refractivity contribution in [2.75, 3.05) is 6.54 Å². The van der Waals surface area contributed by atoms with E-state index in [0.29, 0.717) is 6.54 Å². The number of carbonyl (C=O) groups excluding carboxylic acids is 1. The highest BCUT2D eigenvalue weighted by Crippen LogP contribution is 2.08. The first-order valence-electron chi connectivity index (χ1n) is 5.27. The third-order valence-corrected chi connectivity index (χ3v) is 2.22. The van der Waals surface area contributed by atoms with Gasteiger partial charge in [-0.2, -0.15) is 0 Å². The van der Waals surface area contributed by atoms with Crippen molar-refractivity contribution in [1.82, 2.24) is 5.32 Å². The number of rotatable bonds is 5. The van der Waals surface area contributed by atoms with Crippen LogP contribution in [0.2, 0.25) is 0 Å². The van der Waals surface area contributed by atoms with Crippen molar-refractivity contribution >= 4 is 11.9 Å². The van der Waals surface area contributed by atoms with E-state index in [1.165, 1.54) is 12.1 Å². The number of benzene rings is 1. The molecule has 0 radical (unpaired) electrons. The molecule has 86 valence electrons. The van der Waals surface area contributed by atoms with Gasteiger partial charge in [0, 0.05) is 6.54 Å². The molecule has 0 spiro atoms. The highest BCUT2D eigenvalue weighted by atomic mass is 16.4. The predicted octanol–water partition coefficient (Wildman–Crippen LogP) is 1.91. The Morgan fingerprint density at radius 1 is 1.25 bits per heavy atom. The summed E-state index contributed by atoms with van der Waals surface area (Å²) in [6.45, 7) is 2.60. The highest BCUT2D eigenvalue weighted by molar-refractivity contribution is 6.04. The van der Waals surface area contributed by atoms with Crippen molar-refractivity contribution in [3.05, 3.63) is 35.4 Å². The van der Waals surface area contributed by atoms with Gasteiger partial charge in [0.2, 0.25) is 0 Å². The molecule has 0 aliphatic rings. The van der Waals surface area contributed by atoms with E-state index in [4.69, 9.17) is 5.11 Å². The van der Waals surface area contributed by atoms with Crippen LogP contribution in [0, 0.1) is 0 Å². The zero-order chi connectivity index (χ0) is 12.0. The first-order chi connectivity index (χ1) is 7.66. The Labute approximate surface area is 94.3 Å². The van der Waals surface area contributed by atoms with E-state index in [2.05, 4.69) is 5.32 Å². The molecule has 0 saturated heterocycles. The Hall–Kier alpha value is -1.84. The third-order valence-electron chi connectivity index (χ3n) is 2.22. The summed E-state index contributed by atoms with van der Waals surface area (Å²) in [6, 6.07) is 6.20. The molecule has 0 aliphatic carbocycles. The van der Waals surface area contributed by atoms with Gasteiger partial charge in [-0.1, -0.05) is 25.5 Å². The van der Waals surface area contributed by atoms with Crippen LogP contribution in [-0.2, 0) is 0 Å². The number of amides is 1. The smallest absolute Gasteiger partial charge is 0.336 e. The van der Waals surface area contributed by atoms with Gasteiger partial charge in [-0.25, -0.2) is 4.79 Å². The molecule has 0 aliphatic heterocycles. The molecular formula is C12H15NO3. The molecule has 1 rings (SSSR count). The van der Waals surface area contributed by atoms with Crippen molar-refractivity contribution in [1.29, 1.82) is 0 Å². The number of carboxylic acids is 1. The fraction of sp³-hybridized carbons (Fsp3) is 0.333. The molecule has 0 aromatic heterocycles. The van der Waals surface area contributed by atoms with Gasteiger partial charge >= 0.3 is 5.97 Å². The lowest BCUT2D eigenvalue weighted by Crippen LogP contribution is -2.26. The summed E-state index contributed by atoms with van der Waals surface area (Å²) in [4.78, 5) is 22.5. The number of hydrogen-bond donors (Lipinski definition) is 2. The molecule has 0 unspecified atom stereocenters. The van der Waals surface area contributed by atoms with Gasteiger partial charge in [0.05, 0.1) is 11.1 Å². The van der Waals surface area contributed by atoms with E-state index < -0.39 is 5.97 Å². The maximum Gasteiger partial charge on any atom is 0.336 e. The van der Waals surface area contributed by atoms with Crippen molar-refractivity contribution in [3.63, 3.8) is 0 Å². The molecule has 16 heavy (non-hydrogen) atoms. The molecule has 2 N–H and O–H groups in total. The Morgan fingerprint density at radius 3 is 2.44 bits per heavy atom. The molecule has 0 fully saturated rings. The van der Waals surface area contributed by atoms with E-state index in [1.54, 1.807) is 12.1 Å². The van der Waals surface area contributed by atoms with Gasteiger partial charge in [0.1, 0.15) is 0 Å². The SMILES string of the molecule is CCCCNC(=O)c1ccccc1C(=O)O. The zero-order valence-corrected chi connectivity index (χ0v) is 9.19. The second-order valence-electron chi connectivity index (χ2n) is 3.46. The fourth-order valence-corrected chi connectivity index (χ4v) is 1.34. The maximum atomic E-state index is 11.7. The number of unbranched alkanes of at least 4 members (excludes halogenated alkanes) is 1. The van der Waals surface area contributed by atoms with E-state index in [1.807, 2.05) is 6.92 Å². The van der Waals surface area contributed by atoms with Crippen LogP contribution in [0.1, 0.15) is 40.5 Å². The minimum Gasteiger partial charge on any atom is -0.478 e. The lowest BCUT2D eigenvalue weighted by Gasteiger charge is -2.06. The van der Waals surface area contributed by atoms with Crippen LogP contribution in [0.15, 0.2) is 24.3 Å². The minimum absolute atomic E-state index is 0.0384. The summed E-state index contributed by atoms with van der Waals surface area (Å²) in [5, 5.41) is 11.6. The van der Waals surface area contributed by atoms with Crippen molar-refractivity contribution in [3.8, 4) is 0 Å². The Kier molecular flexibility index (Phi) is 4.51. The number of carboxylic acid groups (broad SMARTS) is 1. The van der Waals surface area contributed by atoms with Crippen molar-refractivity contribution < 1.29 is 14.7 Å². The van der Waals surface area contributed by atoms with Crippen molar-refractivity contribution in [2.45, 2.75) is 19.8 Å². The average Bonchev–Trinajstić information content (AvgIpc) is 2.29. The second kappa shape index (κ2) is 5.90. The summed E-state index contributed by atoms with van der Waals surface area (Å²) in [7, 11) is 0. The molecule has 1 aromatic carbocycles. The molecule has 1 amide bonds. The summed E-state index contributed by atoms with van der Waals surface area (Å²) < 4.78 is 0. The first-order valence-corrected chi connectivity index (χ1v) is 5.27. The lowest BCUT2D eigenvalue weighted by atomic mass is 10.1. The molecular weight excluding hydrogens is 206 g/mol. The molecule has 0 saturated carbocycles. The summed E-state index contributed by atoms with van der Waals surface area (Å²) in [6.07, 6.45) is 1.88. The van der Waals surface area contributed by atoms with Crippen LogP contribution < -0.4 is 5.32 Å². The standard InChI is InChI=1S/C12H15NO3/c1-2-3-8-13-11(14)9-6-4-5-7-10(9)12(15)16/h4-7H,2-3,8H2,1H3,(H,13,14)(H,15,16). The maximum absolute atomic E-state index is 11.7. The van der Waals surface area contributed by atoms with Gasteiger partial charge in [-0.3, -0.25) is 4.79 Å². The van der Waals surface area contributed by atoms with E-state index in [0.717, 1.165) is 12.8 Å². The van der Waals surface area contributed by atoms with E-state index in [9.17, 15) is 9.59 Å². The third kappa shape index (κ3) is 3.08. The Balaban J connectivity index is 2.78.